The van der Waals surface area contributed by atoms with Crippen LogP contribution in [0.5, 0.6) is 0 Å². The maximum Gasteiger partial charge on any atom is 0.435 e. The summed E-state index contributed by atoms with van der Waals surface area (Å²) >= 11 is 0. The van der Waals surface area contributed by atoms with Gasteiger partial charge in [0.15, 0.2) is 5.69 Å². The number of benzene rings is 2. The van der Waals surface area contributed by atoms with Crippen LogP contribution in [-0.4, -0.2) is 33.0 Å². The van der Waals surface area contributed by atoms with Crippen molar-refractivity contribution in [3.63, 3.8) is 0 Å². The quantitative estimate of drug-likeness (QED) is 0.237. The number of nitrogens with zero attached hydrogens (tertiary/aromatic N) is 3. The smallest absolute Gasteiger partial charge is 0.435 e. The number of aromatic nitrogens is 3. The van der Waals surface area contributed by atoms with Gasteiger partial charge >= 0.3 is 6.18 Å². The first-order chi connectivity index (χ1) is 19.3. The molecule has 0 atom stereocenters. The van der Waals surface area contributed by atoms with Crippen molar-refractivity contribution >= 4 is 11.7 Å². The van der Waals surface area contributed by atoms with E-state index in [4.69, 9.17) is 4.42 Å². The summed E-state index contributed by atoms with van der Waals surface area (Å²) in [6.45, 7) is 0.0913. The van der Waals surface area contributed by atoms with Gasteiger partial charge in [-0.2, -0.15) is 18.3 Å². The van der Waals surface area contributed by atoms with Crippen LogP contribution in [0.1, 0.15) is 66.3 Å². The molecule has 1 fully saturated rings. The third-order valence-electron chi connectivity index (χ3n) is 7.26. The summed E-state index contributed by atoms with van der Waals surface area (Å²) in [6, 6.07) is 18.0. The van der Waals surface area contributed by atoms with Gasteiger partial charge in [-0.15, -0.1) is 0 Å². The number of hydrogen-bond acceptors (Lipinski definition) is 5. The van der Waals surface area contributed by atoms with Gasteiger partial charge in [-0.3, -0.25) is 9.59 Å². The van der Waals surface area contributed by atoms with Crippen molar-refractivity contribution < 1.29 is 27.2 Å². The van der Waals surface area contributed by atoms with Crippen LogP contribution in [0.15, 0.2) is 77.5 Å². The van der Waals surface area contributed by atoms with E-state index in [-0.39, 0.29) is 30.6 Å². The molecule has 40 heavy (non-hydrogen) atoms. The second-order valence-corrected chi connectivity index (χ2v) is 9.98. The van der Waals surface area contributed by atoms with E-state index in [1.165, 1.54) is 0 Å². The van der Waals surface area contributed by atoms with E-state index in [0.717, 1.165) is 47.9 Å². The highest BCUT2D eigenvalue weighted by molar-refractivity contribution is 5.95. The van der Waals surface area contributed by atoms with Gasteiger partial charge in [-0.05, 0) is 56.4 Å². The molecule has 0 spiro atoms. The highest BCUT2D eigenvalue weighted by Gasteiger charge is 2.39. The topological polar surface area (TPSA) is 90.0 Å². The number of hydrogen-bond donors (Lipinski definition) is 1. The van der Waals surface area contributed by atoms with E-state index in [0.29, 0.717) is 18.0 Å². The van der Waals surface area contributed by atoms with Gasteiger partial charge in [0.2, 0.25) is 5.89 Å². The molecule has 2 aromatic carbocycles. The molecule has 1 aliphatic carbocycles. The van der Waals surface area contributed by atoms with E-state index >= 15 is 0 Å². The zero-order valence-electron chi connectivity index (χ0n) is 21.7. The number of rotatable bonds is 9. The summed E-state index contributed by atoms with van der Waals surface area (Å²) in [5, 5.41) is 6.12. The molecule has 0 saturated heterocycles. The lowest BCUT2D eigenvalue weighted by molar-refractivity contribution is -0.141. The van der Waals surface area contributed by atoms with Crippen molar-refractivity contribution in [3.8, 4) is 17.1 Å². The zero-order chi connectivity index (χ0) is 28.1. The molecule has 0 aliphatic heterocycles. The van der Waals surface area contributed by atoms with E-state index in [1.807, 2.05) is 30.3 Å². The Morgan fingerprint density at radius 2 is 1.65 bits per heavy atom. The third kappa shape index (κ3) is 6.32. The minimum atomic E-state index is -4.78. The molecule has 0 radical (unpaired) electrons. The number of oxazole rings is 1. The average molecular weight is 551 g/mol. The molecule has 1 N–H and O–H groups in total. The Bertz CT molecular complexity index is 1440. The second-order valence-electron chi connectivity index (χ2n) is 9.98. The van der Waals surface area contributed by atoms with Crippen molar-refractivity contribution in [1.82, 2.24) is 20.1 Å². The van der Waals surface area contributed by atoms with Gasteiger partial charge in [0.1, 0.15) is 11.5 Å². The molecule has 4 aromatic rings. The maximum atomic E-state index is 13.5. The number of halogens is 3. The van der Waals surface area contributed by atoms with E-state index in [9.17, 15) is 22.8 Å². The summed E-state index contributed by atoms with van der Waals surface area (Å²) in [7, 11) is 0. The Balaban J connectivity index is 1.09. The van der Waals surface area contributed by atoms with Crippen molar-refractivity contribution in [3.05, 3.63) is 90.1 Å². The Labute approximate surface area is 229 Å². The largest absolute Gasteiger partial charge is 0.441 e. The number of nitrogens with one attached hydrogen (secondary N) is 1. The normalized spacial score (nSPS) is 17.5. The lowest BCUT2D eigenvalue weighted by Crippen LogP contribution is -2.27. The monoisotopic (exact) mass is 550 g/mol. The van der Waals surface area contributed by atoms with Crippen LogP contribution < -0.4 is 5.32 Å². The standard InChI is InChI=1S/C30H29F3N4O3/c31-30(32,33)27-24(19-37(36-27)23-10-5-2-6-11-23)28(39)34-17-7-12-25(38)20-13-15-21(16-14-20)26-18-35-29(40-26)22-8-3-1-4-9-22/h1-6,8-11,18-21H,7,12-17H2,(H,34,39). The van der Waals surface area contributed by atoms with Crippen LogP contribution in [-0.2, 0) is 11.0 Å². The molecular formula is C30H29F3N4O3. The highest BCUT2D eigenvalue weighted by Crippen LogP contribution is 2.38. The number of carbonyl (C=O) groups is 2. The Hall–Kier alpha value is -4.21. The van der Waals surface area contributed by atoms with E-state index in [1.54, 1.807) is 36.5 Å². The van der Waals surface area contributed by atoms with Crippen molar-refractivity contribution in [1.29, 1.82) is 0 Å². The Kier molecular flexibility index (Phi) is 8.14. The number of amides is 1. The number of alkyl halides is 3. The van der Waals surface area contributed by atoms with Crippen LogP contribution in [0.25, 0.3) is 17.1 Å². The van der Waals surface area contributed by atoms with Gasteiger partial charge in [0.05, 0.1) is 17.4 Å². The molecule has 0 unspecified atom stereocenters. The van der Waals surface area contributed by atoms with Crippen molar-refractivity contribution in [2.75, 3.05) is 6.54 Å². The molecule has 1 saturated carbocycles. The first kappa shape index (κ1) is 27.4. The fourth-order valence-electron chi connectivity index (χ4n) is 5.12. The minimum Gasteiger partial charge on any atom is -0.441 e. The number of Topliss-reactive ketones (excluding diaryl/α,β-unsaturated/α-hetero) is 1. The van der Waals surface area contributed by atoms with Gasteiger partial charge < -0.3 is 9.73 Å². The van der Waals surface area contributed by atoms with Crippen molar-refractivity contribution in [2.24, 2.45) is 5.92 Å². The highest BCUT2D eigenvalue weighted by atomic mass is 19.4. The molecule has 0 bridgehead atoms. The lowest BCUT2D eigenvalue weighted by atomic mass is 9.78. The summed E-state index contributed by atoms with van der Waals surface area (Å²) in [5.41, 5.74) is -0.468. The SMILES string of the molecule is O=C(NCCCC(=O)C1CCC(c2cnc(-c3ccccc3)o2)CC1)c1cn(-c2ccccc2)nc1C(F)(F)F. The molecular weight excluding hydrogens is 521 g/mol. The van der Waals surface area contributed by atoms with E-state index in [2.05, 4.69) is 15.4 Å². The van der Waals surface area contributed by atoms with Crippen LogP contribution in [0, 0.1) is 5.92 Å². The van der Waals surface area contributed by atoms with Gasteiger partial charge in [-0.1, -0.05) is 36.4 Å². The Morgan fingerprint density at radius 3 is 2.33 bits per heavy atom. The first-order valence-corrected chi connectivity index (χ1v) is 13.3. The first-order valence-electron chi connectivity index (χ1n) is 13.3. The predicted molar refractivity (Wildman–Crippen MR) is 142 cm³/mol. The van der Waals surface area contributed by atoms with Crippen LogP contribution >= 0.6 is 0 Å². The van der Waals surface area contributed by atoms with E-state index < -0.39 is 23.3 Å². The maximum absolute atomic E-state index is 13.5. The third-order valence-corrected chi connectivity index (χ3v) is 7.26. The summed E-state index contributed by atoms with van der Waals surface area (Å²) in [6.07, 6.45) is 1.79. The van der Waals surface area contributed by atoms with Gasteiger partial charge in [0, 0.05) is 36.6 Å². The fraction of sp³-hybridized carbons (Fsp3) is 0.333. The fourth-order valence-corrected chi connectivity index (χ4v) is 5.12. The molecule has 208 valence electrons. The summed E-state index contributed by atoms with van der Waals surface area (Å²) in [4.78, 5) is 29.8. The van der Waals surface area contributed by atoms with Crippen LogP contribution in [0.2, 0.25) is 0 Å². The molecule has 5 rings (SSSR count). The minimum absolute atomic E-state index is 0.0654. The van der Waals surface area contributed by atoms with Gasteiger partial charge in [-0.25, -0.2) is 9.67 Å². The predicted octanol–water partition coefficient (Wildman–Crippen LogP) is 6.60. The molecule has 7 nitrogen and oxygen atoms in total. The molecule has 1 amide bonds. The van der Waals surface area contributed by atoms with Crippen LogP contribution in [0.3, 0.4) is 0 Å². The molecule has 1 aliphatic rings. The van der Waals surface area contributed by atoms with Gasteiger partial charge in [0.25, 0.3) is 5.91 Å². The zero-order valence-corrected chi connectivity index (χ0v) is 21.7. The van der Waals surface area contributed by atoms with Crippen molar-refractivity contribution in [2.45, 2.75) is 50.6 Å². The Morgan fingerprint density at radius 1 is 0.975 bits per heavy atom. The summed E-state index contributed by atoms with van der Waals surface area (Å²) in [5.74, 6) is 0.816. The summed E-state index contributed by atoms with van der Waals surface area (Å²) < 4.78 is 47.7. The average Bonchev–Trinajstić information content (AvgIpc) is 3.65. The number of ketones is 1. The van der Waals surface area contributed by atoms with Crippen LogP contribution in [0.4, 0.5) is 13.2 Å². The lowest BCUT2D eigenvalue weighted by Gasteiger charge is -2.26. The number of carbonyl (C=O) groups excluding carboxylic acids is 2. The number of para-hydroxylation sites is 1. The molecule has 2 heterocycles. The second kappa shape index (κ2) is 11.9. The molecule has 2 aromatic heterocycles. The molecule has 10 heteroatoms.